The number of urea groups is 2. The number of hydrogen-bond donors (Lipinski definition) is 2. The topological polar surface area (TPSA) is 135 Å². The smallest absolute Gasteiger partial charge is 0.383 e. The zero-order valence-corrected chi connectivity index (χ0v) is 42.7. The Morgan fingerprint density at radius 3 is 1.41 bits per heavy atom. The number of alkyl halides is 6. The Bertz CT molecular complexity index is 2390. The van der Waals surface area contributed by atoms with Crippen molar-refractivity contribution < 1.29 is 50.3 Å². The van der Waals surface area contributed by atoms with E-state index >= 15 is 0 Å². The average Bonchev–Trinajstić information content (AvgIpc) is 4.18. The second-order valence-corrected chi connectivity index (χ2v) is 19.7. The molecule has 70 heavy (non-hydrogen) atoms. The number of nitrogens with one attached hydrogen (secondary N) is 1. The number of benzene rings is 2. The minimum atomic E-state index is -4.38. The molecule has 6 amide bonds. The van der Waals surface area contributed by atoms with Gasteiger partial charge in [0.05, 0.1) is 39.6 Å². The number of likely N-dealkylation sites (tertiary alicyclic amines) is 4. The molecule has 0 aliphatic carbocycles. The number of methoxy groups -OCH3 is 1. The number of likely N-dealkylation sites (N-methyl/N-ethyl adjacent to an activating group) is 2. The fraction of sp³-hybridized carbons (Fsp3) is 0.489. The first-order valence-electron chi connectivity index (χ1n) is 22.5. The molecule has 6 heterocycles. The molecule has 4 saturated heterocycles. The molecule has 4 fully saturated rings. The normalized spacial score (nSPS) is 20.1. The molecule has 8 rings (SSSR count). The van der Waals surface area contributed by atoms with E-state index in [1.807, 2.05) is 9.80 Å². The van der Waals surface area contributed by atoms with Crippen LogP contribution in [0.2, 0.25) is 0 Å². The second kappa shape index (κ2) is 24.3. The van der Waals surface area contributed by atoms with E-state index in [0.717, 1.165) is 53.4 Å². The van der Waals surface area contributed by atoms with Crippen LogP contribution in [0.4, 0.5) is 35.9 Å². The average molecular weight is 1060 g/mol. The van der Waals surface area contributed by atoms with Gasteiger partial charge in [-0.1, -0.05) is 24.3 Å². The SMILES string of the molecule is CN(C(=O)c1ccc(-c2ccc(C(F)(F)F)cc2)s1)[C@H]1CCN(C(=O)N2CC[C@@H](N)C2)C1.COCCN[C@@H]1CCN(C(=O)N2CC[C@H](N(C)C(=O)c3ccc(-c4ccc(C(F)(F)F)cc4)s3)C2)C1.S.S. The van der Waals surface area contributed by atoms with Crippen molar-refractivity contribution in [1.82, 2.24) is 34.7 Å². The molecule has 2 aromatic heterocycles. The number of nitrogens with zero attached hydrogens (tertiary/aromatic N) is 6. The van der Waals surface area contributed by atoms with Crippen molar-refractivity contribution in [3.05, 3.63) is 93.7 Å². The van der Waals surface area contributed by atoms with Gasteiger partial charge in [-0.15, -0.1) is 22.7 Å². The number of ether oxygens (including phenoxy) is 1. The van der Waals surface area contributed by atoms with Gasteiger partial charge in [0, 0.05) is 102 Å². The Kier molecular flexibility index (Phi) is 19.5. The fourth-order valence-corrected chi connectivity index (χ4v) is 10.8. The van der Waals surface area contributed by atoms with E-state index < -0.39 is 23.5 Å². The van der Waals surface area contributed by atoms with Crippen LogP contribution in [0, 0.1) is 0 Å². The highest BCUT2D eigenvalue weighted by Gasteiger charge is 2.38. The summed E-state index contributed by atoms with van der Waals surface area (Å²) in [6, 6.07) is 16.8. The standard InChI is InChI=1S/C25H31F3N4O3S.C22H25F3N4O2S.2H2S/c1-30(20-10-13-32(16-20)24(34)31-12-9-19(15-31)29-11-14-35-2)23(33)22-8-7-21(36-22)17-3-5-18(6-4-17)25(26,27)28;1-27(17-9-11-29(13-17)21(31)28-10-8-16(26)12-28)20(30)19-7-6-18(32-19)14-2-4-15(5-3-14)22(23,24)25;;/h3-8,19-20,29H,9-16H2,1-2H3;2-7,16-17H,8-13,26H2,1H3;2*1H2/t19-,20+;16-,17+;;/m11../s1. The van der Waals surface area contributed by atoms with E-state index in [0.29, 0.717) is 92.7 Å². The van der Waals surface area contributed by atoms with Crippen LogP contribution in [-0.4, -0.2) is 164 Å². The minimum Gasteiger partial charge on any atom is -0.383 e. The molecule has 0 radical (unpaired) electrons. The van der Waals surface area contributed by atoms with Crippen LogP contribution in [-0.2, 0) is 17.1 Å². The second-order valence-electron chi connectivity index (χ2n) is 17.5. The summed E-state index contributed by atoms with van der Waals surface area (Å²) in [5.41, 5.74) is 5.75. The molecule has 3 N–H and O–H groups in total. The van der Waals surface area contributed by atoms with Crippen molar-refractivity contribution in [3.8, 4) is 20.9 Å². The molecule has 4 atom stereocenters. The molecule has 13 nitrogen and oxygen atoms in total. The van der Waals surface area contributed by atoms with Gasteiger partial charge < -0.3 is 45.2 Å². The third kappa shape index (κ3) is 13.7. The highest BCUT2D eigenvalue weighted by atomic mass is 32.1. The number of hydrogen-bond acceptors (Lipinski definition) is 9. The zero-order chi connectivity index (χ0) is 48.9. The third-order valence-corrected chi connectivity index (χ3v) is 15.2. The number of thiophene rings is 2. The number of halogens is 6. The molecule has 4 aromatic rings. The summed E-state index contributed by atoms with van der Waals surface area (Å²) in [6.07, 6.45) is -5.65. The van der Waals surface area contributed by atoms with Crippen LogP contribution < -0.4 is 11.1 Å². The maximum absolute atomic E-state index is 13.1. The van der Waals surface area contributed by atoms with Crippen molar-refractivity contribution in [2.24, 2.45) is 5.73 Å². The van der Waals surface area contributed by atoms with Crippen molar-refractivity contribution in [2.75, 3.05) is 86.7 Å². The lowest BCUT2D eigenvalue weighted by Gasteiger charge is -2.27. The minimum absolute atomic E-state index is 0. The van der Waals surface area contributed by atoms with Gasteiger partial charge in [0.1, 0.15) is 0 Å². The summed E-state index contributed by atoms with van der Waals surface area (Å²) in [7, 11) is 5.13. The van der Waals surface area contributed by atoms with E-state index in [2.05, 4.69) is 5.32 Å². The van der Waals surface area contributed by atoms with Gasteiger partial charge in [-0.3, -0.25) is 9.59 Å². The predicted molar refractivity (Wildman–Crippen MR) is 269 cm³/mol. The molecule has 4 aliphatic heterocycles. The van der Waals surface area contributed by atoms with E-state index in [4.69, 9.17) is 10.5 Å². The molecule has 0 saturated carbocycles. The third-order valence-electron chi connectivity index (χ3n) is 12.9. The molecule has 2 aromatic carbocycles. The highest BCUT2D eigenvalue weighted by molar-refractivity contribution is 7.59. The van der Waals surface area contributed by atoms with Crippen LogP contribution in [0.15, 0.2) is 72.8 Å². The zero-order valence-electron chi connectivity index (χ0n) is 39.0. The van der Waals surface area contributed by atoms with E-state index in [-0.39, 0.29) is 75.0 Å². The van der Waals surface area contributed by atoms with E-state index in [1.165, 1.54) is 46.9 Å². The number of carbonyl (C=O) groups is 4. The van der Waals surface area contributed by atoms with Crippen molar-refractivity contribution in [2.45, 2.75) is 62.2 Å². The summed E-state index contributed by atoms with van der Waals surface area (Å²) in [5, 5.41) is 3.40. The highest BCUT2D eigenvalue weighted by Crippen LogP contribution is 2.36. The number of rotatable bonds is 10. The van der Waals surface area contributed by atoms with Crippen LogP contribution in [0.1, 0.15) is 56.2 Å². The summed E-state index contributed by atoms with van der Waals surface area (Å²) >= 11 is 2.50. The Balaban J connectivity index is 0.000000255. The van der Waals surface area contributed by atoms with Gasteiger partial charge in [0.15, 0.2) is 0 Å². The maximum atomic E-state index is 13.1. The van der Waals surface area contributed by atoms with Gasteiger partial charge in [-0.05, 0) is 85.3 Å². The lowest BCUT2D eigenvalue weighted by atomic mass is 10.1. The van der Waals surface area contributed by atoms with E-state index in [1.54, 1.807) is 65.1 Å². The maximum Gasteiger partial charge on any atom is 0.416 e. The first kappa shape index (κ1) is 56.4. The lowest BCUT2D eigenvalue weighted by Crippen LogP contribution is -2.45. The Hall–Kier alpha value is -4.52. The number of carbonyl (C=O) groups excluding carboxylic acids is 4. The number of nitrogens with two attached hydrogens (primary N) is 1. The van der Waals surface area contributed by atoms with Gasteiger partial charge >= 0.3 is 24.4 Å². The van der Waals surface area contributed by atoms with E-state index in [9.17, 15) is 45.5 Å². The Labute approximate surface area is 425 Å². The Morgan fingerprint density at radius 1 is 0.614 bits per heavy atom. The Morgan fingerprint density at radius 2 is 1.01 bits per heavy atom. The molecule has 0 unspecified atom stereocenters. The molecular weight excluding hydrogens is 999 g/mol. The summed E-state index contributed by atoms with van der Waals surface area (Å²) in [5.74, 6) is -0.309. The van der Waals surface area contributed by atoms with Gasteiger partial charge in [-0.2, -0.15) is 53.3 Å². The first-order valence-corrected chi connectivity index (χ1v) is 24.1. The monoisotopic (exact) mass is 1060 g/mol. The summed E-state index contributed by atoms with van der Waals surface area (Å²) in [4.78, 5) is 64.8. The molecule has 0 bridgehead atoms. The van der Waals surface area contributed by atoms with Crippen LogP contribution in [0.25, 0.3) is 20.9 Å². The summed E-state index contributed by atoms with van der Waals surface area (Å²) in [6.45, 7) is 6.14. The quantitative estimate of drug-likeness (QED) is 0.122. The van der Waals surface area contributed by atoms with Gasteiger partial charge in [-0.25, -0.2) is 9.59 Å². The van der Waals surface area contributed by atoms with Crippen LogP contribution in [0.5, 0.6) is 0 Å². The molecular formula is C47H60F6N8O5S4. The van der Waals surface area contributed by atoms with Crippen molar-refractivity contribution in [3.63, 3.8) is 0 Å². The van der Waals surface area contributed by atoms with Crippen molar-refractivity contribution in [1.29, 1.82) is 0 Å². The van der Waals surface area contributed by atoms with Crippen molar-refractivity contribution >= 4 is 73.5 Å². The lowest BCUT2D eigenvalue weighted by molar-refractivity contribution is -0.138. The van der Waals surface area contributed by atoms with Gasteiger partial charge in [0.2, 0.25) is 0 Å². The number of amides is 6. The fourth-order valence-electron chi connectivity index (χ4n) is 8.83. The molecule has 384 valence electrons. The molecule has 23 heteroatoms. The largest absolute Gasteiger partial charge is 0.416 e. The predicted octanol–water partition coefficient (Wildman–Crippen LogP) is 7.97. The van der Waals surface area contributed by atoms with Crippen LogP contribution >= 0.6 is 49.7 Å². The van der Waals surface area contributed by atoms with Crippen LogP contribution in [0.3, 0.4) is 0 Å². The van der Waals surface area contributed by atoms with Gasteiger partial charge in [0.25, 0.3) is 11.8 Å². The molecule has 0 spiro atoms. The first-order chi connectivity index (χ1) is 32.3. The molecule has 4 aliphatic rings. The summed E-state index contributed by atoms with van der Waals surface area (Å²) < 4.78 is 81.9.